The summed E-state index contributed by atoms with van der Waals surface area (Å²) in [6, 6.07) is 19.1. The lowest BCUT2D eigenvalue weighted by Gasteiger charge is -1.97. The third kappa shape index (κ3) is 2.64. The van der Waals surface area contributed by atoms with Gasteiger partial charge < -0.3 is 0 Å². The molecule has 0 aromatic heterocycles. The van der Waals surface area contributed by atoms with Crippen LogP contribution in [-0.2, 0) is 4.57 Å². The molecule has 2 aromatic rings. The Labute approximate surface area is 108 Å². The summed E-state index contributed by atoms with van der Waals surface area (Å²) in [5, 5.41) is 1.25. The van der Waals surface area contributed by atoms with Gasteiger partial charge in [-0.2, -0.15) is 0 Å². The molecular weight excluding hydrogens is 239 g/mol. The van der Waals surface area contributed by atoms with E-state index in [4.69, 9.17) is 0 Å². The molecule has 0 saturated carbocycles. The quantitative estimate of drug-likeness (QED) is 0.688. The van der Waals surface area contributed by atoms with E-state index in [1.165, 1.54) is 0 Å². The van der Waals surface area contributed by atoms with Gasteiger partial charge in [0.1, 0.15) is 0 Å². The van der Waals surface area contributed by atoms with Gasteiger partial charge in [-0.05, 0) is 13.2 Å². The van der Waals surface area contributed by atoms with Gasteiger partial charge in [0.05, 0.1) is 0 Å². The van der Waals surface area contributed by atoms with Crippen LogP contribution in [0, 0.1) is 0 Å². The molecule has 0 spiro atoms. The Morgan fingerprint density at radius 1 is 0.722 bits per heavy atom. The Morgan fingerprint density at radius 2 is 1.06 bits per heavy atom. The maximum absolute atomic E-state index is 12.4. The monoisotopic (exact) mass is 253 g/mol. The molecule has 18 heavy (non-hydrogen) atoms. The van der Waals surface area contributed by atoms with Crippen LogP contribution in [0.4, 0.5) is 0 Å². The Bertz CT molecular complexity index is 532. The molecule has 0 saturated heterocycles. The first-order chi connectivity index (χ1) is 8.70. The van der Waals surface area contributed by atoms with Crippen LogP contribution in [-0.4, -0.2) is 0 Å². The zero-order chi connectivity index (χ0) is 13.0. The molecule has 0 aliphatic rings. The highest BCUT2D eigenvalue weighted by atomic mass is 31.1. The molecule has 2 aromatic carbocycles. The summed E-state index contributed by atoms with van der Waals surface area (Å²) < 4.78 is 12.4. The van der Waals surface area contributed by atoms with Gasteiger partial charge in [0.2, 0.25) is 0 Å². The van der Waals surface area contributed by atoms with E-state index in [1.807, 2.05) is 60.7 Å². The van der Waals surface area contributed by atoms with Gasteiger partial charge in [-0.25, -0.2) is 0 Å². The molecule has 1 nitrogen and oxygen atoms in total. The summed E-state index contributed by atoms with van der Waals surface area (Å²) >= 11 is 0. The SMILES string of the molecule is C=C(c1ccccc1)[P+](=O)C(=C)c1ccccc1. The number of rotatable bonds is 4. The predicted molar refractivity (Wildman–Crippen MR) is 78.6 cm³/mol. The van der Waals surface area contributed by atoms with Crippen molar-refractivity contribution in [2.45, 2.75) is 0 Å². The van der Waals surface area contributed by atoms with E-state index in [-0.39, 0.29) is 0 Å². The number of hydrogen-bond donors (Lipinski definition) is 0. The van der Waals surface area contributed by atoms with Gasteiger partial charge >= 0.3 is 7.80 Å². The maximum Gasteiger partial charge on any atom is 0.415 e. The third-order valence-corrected chi connectivity index (χ3v) is 4.20. The molecule has 0 aliphatic heterocycles. The number of benzene rings is 2. The van der Waals surface area contributed by atoms with E-state index in [0.717, 1.165) is 11.1 Å². The van der Waals surface area contributed by atoms with E-state index < -0.39 is 7.80 Å². The van der Waals surface area contributed by atoms with E-state index in [1.54, 1.807) is 0 Å². The first-order valence-electron chi connectivity index (χ1n) is 5.66. The fraction of sp³-hybridized carbons (Fsp3) is 0. The molecule has 0 heterocycles. The van der Waals surface area contributed by atoms with E-state index in [2.05, 4.69) is 13.2 Å². The summed E-state index contributed by atoms with van der Waals surface area (Å²) in [5.74, 6) is 0. The Kier molecular flexibility index (Phi) is 3.86. The van der Waals surface area contributed by atoms with Gasteiger partial charge in [-0.15, -0.1) is 0 Å². The second-order valence-corrected chi connectivity index (χ2v) is 5.59. The van der Waals surface area contributed by atoms with Gasteiger partial charge in [0.25, 0.3) is 0 Å². The van der Waals surface area contributed by atoms with E-state index in [9.17, 15) is 4.57 Å². The lowest BCUT2D eigenvalue weighted by molar-refractivity contribution is 0.599. The number of hydrogen-bond acceptors (Lipinski definition) is 1. The molecule has 2 rings (SSSR count). The van der Waals surface area contributed by atoms with E-state index in [0.29, 0.717) is 10.6 Å². The van der Waals surface area contributed by atoms with Crippen LogP contribution in [0.15, 0.2) is 73.8 Å². The molecule has 0 fully saturated rings. The zero-order valence-corrected chi connectivity index (χ0v) is 10.9. The molecule has 0 amide bonds. The first-order valence-corrected chi connectivity index (χ1v) is 6.92. The highest BCUT2D eigenvalue weighted by molar-refractivity contribution is 7.66. The van der Waals surface area contributed by atoms with Crippen molar-refractivity contribution in [3.63, 3.8) is 0 Å². The highest BCUT2D eigenvalue weighted by Crippen LogP contribution is 2.49. The van der Waals surface area contributed by atoms with Crippen molar-refractivity contribution in [1.82, 2.24) is 0 Å². The van der Waals surface area contributed by atoms with Crippen LogP contribution >= 0.6 is 7.80 Å². The van der Waals surface area contributed by atoms with Gasteiger partial charge in [-0.3, -0.25) is 0 Å². The van der Waals surface area contributed by atoms with Crippen LogP contribution in [0.1, 0.15) is 11.1 Å². The van der Waals surface area contributed by atoms with E-state index >= 15 is 0 Å². The summed E-state index contributed by atoms with van der Waals surface area (Å²) in [5.41, 5.74) is 1.80. The van der Waals surface area contributed by atoms with Crippen molar-refractivity contribution < 1.29 is 4.57 Å². The Morgan fingerprint density at radius 3 is 1.39 bits per heavy atom. The maximum atomic E-state index is 12.4. The molecule has 0 aliphatic carbocycles. The Hall–Kier alpha value is -1.98. The molecule has 0 radical (unpaired) electrons. The van der Waals surface area contributed by atoms with Gasteiger partial charge in [0, 0.05) is 11.1 Å². The fourth-order valence-electron chi connectivity index (χ4n) is 1.66. The average Bonchev–Trinajstić information content (AvgIpc) is 2.47. The lowest BCUT2D eigenvalue weighted by atomic mass is 10.2. The summed E-state index contributed by atoms with van der Waals surface area (Å²) in [6.07, 6.45) is 0. The van der Waals surface area contributed by atoms with Crippen LogP contribution in [0.5, 0.6) is 0 Å². The molecule has 2 heteroatoms. The van der Waals surface area contributed by atoms with Crippen molar-refractivity contribution in [2.75, 3.05) is 0 Å². The normalized spacial score (nSPS) is 9.78. The van der Waals surface area contributed by atoms with Gasteiger partial charge in [0.15, 0.2) is 10.6 Å². The standard InChI is InChI=1S/C16H14OP/c1-13(15-9-5-3-6-10-15)18(17)14(2)16-11-7-4-8-12-16/h3-12H,1-2H2/q+1. The third-order valence-electron chi connectivity index (χ3n) is 2.70. The van der Waals surface area contributed by atoms with Crippen molar-refractivity contribution in [3.05, 3.63) is 84.9 Å². The zero-order valence-electron chi connectivity index (χ0n) is 10.0. The van der Waals surface area contributed by atoms with Crippen LogP contribution in [0.2, 0.25) is 0 Å². The van der Waals surface area contributed by atoms with Crippen LogP contribution in [0.25, 0.3) is 10.6 Å². The van der Waals surface area contributed by atoms with Gasteiger partial charge in [-0.1, -0.05) is 65.2 Å². The molecule has 0 N–H and O–H groups in total. The minimum Gasteiger partial charge on any atom is -0.0622 e. The second kappa shape index (κ2) is 5.57. The topological polar surface area (TPSA) is 17.1 Å². The highest BCUT2D eigenvalue weighted by Gasteiger charge is 2.28. The lowest BCUT2D eigenvalue weighted by Crippen LogP contribution is -1.81. The largest absolute Gasteiger partial charge is 0.415 e. The van der Waals surface area contributed by atoms with Crippen molar-refractivity contribution >= 4 is 18.4 Å². The minimum atomic E-state index is -1.69. The smallest absolute Gasteiger partial charge is 0.0622 e. The molecule has 0 atom stereocenters. The Balaban J connectivity index is 2.23. The fourth-order valence-corrected chi connectivity index (χ4v) is 2.75. The predicted octanol–water partition coefficient (Wildman–Crippen LogP) is 5.16. The summed E-state index contributed by atoms with van der Waals surface area (Å²) in [7, 11) is -1.69. The second-order valence-electron chi connectivity index (χ2n) is 3.92. The van der Waals surface area contributed by atoms with Crippen LogP contribution in [0.3, 0.4) is 0 Å². The average molecular weight is 253 g/mol. The summed E-state index contributed by atoms with van der Waals surface area (Å²) in [4.78, 5) is 0. The molecule has 0 bridgehead atoms. The molecule has 88 valence electrons. The van der Waals surface area contributed by atoms with Crippen LogP contribution < -0.4 is 0 Å². The minimum absolute atomic E-state index is 0.624. The molecular formula is C16H14OP+. The van der Waals surface area contributed by atoms with Crippen molar-refractivity contribution in [2.24, 2.45) is 0 Å². The van der Waals surface area contributed by atoms with Crippen molar-refractivity contribution in [3.8, 4) is 0 Å². The first kappa shape index (κ1) is 12.5. The molecule has 0 unspecified atom stereocenters. The van der Waals surface area contributed by atoms with Crippen molar-refractivity contribution in [1.29, 1.82) is 0 Å². The summed E-state index contributed by atoms with van der Waals surface area (Å²) in [6.45, 7) is 7.85.